The van der Waals surface area contributed by atoms with E-state index in [1.54, 1.807) is 60.8 Å². The van der Waals surface area contributed by atoms with Gasteiger partial charge < -0.3 is 39.0 Å². The third-order valence-corrected chi connectivity index (χ3v) is 7.87. The third kappa shape index (κ3) is 9.59. The van der Waals surface area contributed by atoms with Crippen LogP contribution in [-0.4, -0.2) is 74.3 Å². The number of ether oxygens (including phenoxy) is 6. The summed E-state index contributed by atoms with van der Waals surface area (Å²) in [5.41, 5.74) is 1.73. The fourth-order valence-electron chi connectivity index (χ4n) is 3.32. The Morgan fingerprint density at radius 1 is 0.933 bits per heavy atom. The van der Waals surface area contributed by atoms with Gasteiger partial charge in [-0.25, -0.2) is 9.97 Å². The van der Waals surface area contributed by atoms with Gasteiger partial charge >= 0.3 is 25.2 Å². The van der Waals surface area contributed by atoms with Gasteiger partial charge in [-0.15, -0.1) is 0 Å². The molecule has 1 aromatic carbocycles. The number of methoxy groups -OCH3 is 1. The number of esters is 2. The number of benzene rings is 1. The molecule has 0 amide bonds. The molecule has 0 aliphatic rings. The lowest BCUT2D eigenvalue weighted by molar-refractivity contribution is -0.366. The number of nitrogens with zero attached hydrogens (tertiary/aromatic N) is 4. The minimum atomic E-state index is -5.46. The maximum absolute atomic E-state index is 12.7. The number of rotatable bonds is 14. The maximum Gasteiger partial charge on any atom is 0.415 e. The predicted octanol–water partition coefficient (Wildman–Crippen LogP) is 3.50. The lowest BCUT2D eigenvalue weighted by Gasteiger charge is -2.33. The first-order chi connectivity index (χ1) is 20.9. The predicted molar refractivity (Wildman–Crippen MR) is 161 cm³/mol. The van der Waals surface area contributed by atoms with Crippen LogP contribution in [0.4, 0.5) is 5.95 Å². The van der Waals surface area contributed by atoms with Crippen LogP contribution < -0.4 is 10.5 Å². The van der Waals surface area contributed by atoms with Gasteiger partial charge in [-0.3, -0.25) is 23.6 Å². The summed E-state index contributed by atoms with van der Waals surface area (Å²) < 4.78 is 45.4. The van der Waals surface area contributed by atoms with Gasteiger partial charge in [0.15, 0.2) is 19.2 Å². The van der Waals surface area contributed by atoms with E-state index in [1.165, 1.54) is 22.7 Å². The van der Waals surface area contributed by atoms with Crippen LogP contribution in [0.25, 0.3) is 11.2 Å². The summed E-state index contributed by atoms with van der Waals surface area (Å²) in [7, 11) is -3.89. The zero-order valence-corrected chi connectivity index (χ0v) is 27.7. The van der Waals surface area contributed by atoms with Crippen molar-refractivity contribution in [2.75, 3.05) is 33.0 Å². The average Bonchev–Trinajstić information content (AvgIpc) is 3.34. The van der Waals surface area contributed by atoms with Crippen LogP contribution in [0.3, 0.4) is 0 Å². The van der Waals surface area contributed by atoms with E-state index >= 15 is 0 Å². The van der Waals surface area contributed by atoms with Crippen molar-refractivity contribution < 1.29 is 52.4 Å². The molecule has 16 nitrogen and oxygen atoms in total. The van der Waals surface area contributed by atoms with E-state index in [0.717, 1.165) is 4.90 Å². The van der Waals surface area contributed by atoms with Gasteiger partial charge in [0.05, 0.1) is 30.9 Å². The highest BCUT2D eigenvalue weighted by Crippen LogP contribution is 2.53. The lowest BCUT2D eigenvalue weighted by Crippen LogP contribution is -2.42. The fourth-order valence-corrected chi connectivity index (χ4v) is 4.90. The number of carbonyl (C=O) groups is 2. The number of aromatic nitrogens is 4. The maximum atomic E-state index is 12.7. The molecule has 0 fully saturated rings. The number of nitrogens with two attached hydrogens (primary N) is 1. The summed E-state index contributed by atoms with van der Waals surface area (Å²) in [5.74, 6) is -0.771. The Hall–Kier alpha value is -3.31. The van der Waals surface area contributed by atoms with Gasteiger partial charge in [0.25, 0.3) is 0 Å². The topological polar surface area (TPSA) is 217 Å². The molecule has 248 valence electrons. The summed E-state index contributed by atoms with van der Waals surface area (Å²) in [6.07, 6.45) is 1.43. The number of hydrogen-bond donors (Lipinski definition) is 3. The summed E-state index contributed by atoms with van der Waals surface area (Å²) >= 11 is 1.30. The summed E-state index contributed by atoms with van der Waals surface area (Å²) in [4.78, 5) is 58.7. The number of anilines is 1. The number of carbonyl (C=O) groups excluding carboxylic acids is 2. The SMILES string of the molecule is COc1ccc(Sc2nc(N)nc3c2ncn3CCOC(OCOC(=O)C(C)(C)C)(OCOC(=O)C(C)(C)C)P(=O)(O)O)cc1. The first-order valence-electron chi connectivity index (χ1n) is 13.5. The van der Waals surface area contributed by atoms with Gasteiger partial charge in [0, 0.05) is 11.4 Å². The van der Waals surface area contributed by atoms with Crippen LogP contribution in [0.2, 0.25) is 0 Å². The van der Waals surface area contributed by atoms with E-state index in [9.17, 15) is 23.9 Å². The van der Waals surface area contributed by atoms with E-state index < -0.39 is 56.3 Å². The van der Waals surface area contributed by atoms with Crippen LogP contribution in [0.1, 0.15) is 41.5 Å². The Bertz CT molecular complexity index is 1500. The molecule has 0 aliphatic carbocycles. The number of imidazole rings is 1. The quantitative estimate of drug-likeness (QED) is 0.0967. The van der Waals surface area contributed by atoms with Crippen molar-refractivity contribution in [1.29, 1.82) is 0 Å². The normalized spacial score (nSPS) is 12.7. The lowest BCUT2D eigenvalue weighted by atomic mass is 9.98. The molecule has 18 heteroatoms. The van der Waals surface area contributed by atoms with Crippen molar-refractivity contribution in [3.8, 4) is 5.75 Å². The van der Waals surface area contributed by atoms with Crippen molar-refractivity contribution >= 4 is 48.4 Å². The van der Waals surface area contributed by atoms with Crippen LogP contribution >= 0.6 is 19.4 Å². The van der Waals surface area contributed by atoms with E-state index in [1.807, 2.05) is 12.1 Å². The molecule has 4 N–H and O–H groups in total. The van der Waals surface area contributed by atoms with Crippen molar-refractivity contribution in [3.05, 3.63) is 30.6 Å². The first kappa shape index (κ1) is 36.2. The van der Waals surface area contributed by atoms with Crippen LogP contribution in [0, 0.1) is 10.8 Å². The van der Waals surface area contributed by atoms with E-state index in [-0.39, 0.29) is 12.5 Å². The highest BCUT2D eigenvalue weighted by Gasteiger charge is 2.53. The van der Waals surface area contributed by atoms with Gasteiger partial charge in [0.1, 0.15) is 16.3 Å². The minimum Gasteiger partial charge on any atom is -0.497 e. The molecular formula is C27H38N5O11PS. The molecule has 3 aromatic rings. The van der Waals surface area contributed by atoms with Crippen LogP contribution in [-0.2, 0) is 44.4 Å². The Morgan fingerprint density at radius 2 is 1.49 bits per heavy atom. The van der Waals surface area contributed by atoms with Gasteiger partial charge in [-0.1, -0.05) is 11.8 Å². The zero-order valence-electron chi connectivity index (χ0n) is 26.0. The standard InChI is InChI=1S/C27H38N5O11PS/c1-25(2,3)22(33)39-15-42-27(44(35,36)37,43-16-40-23(34)26(4,5)6)41-13-12-32-14-29-19-20(32)30-24(28)31-21(19)45-18-10-8-17(38-7)9-11-18/h8-11,14H,12-13,15-16H2,1-7H3,(H2,28,30,31)(H2,35,36,37). The van der Waals surface area contributed by atoms with Crippen LogP contribution in [0.15, 0.2) is 40.5 Å². The second-order valence-electron chi connectivity index (χ2n) is 11.6. The second kappa shape index (κ2) is 14.4. The highest BCUT2D eigenvalue weighted by atomic mass is 32.2. The molecule has 0 atom stereocenters. The smallest absolute Gasteiger partial charge is 0.415 e. The van der Waals surface area contributed by atoms with Gasteiger partial charge in [-0.2, -0.15) is 4.98 Å². The van der Waals surface area contributed by atoms with Gasteiger partial charge in [0.2, 0.25) is 5.95 Å². The Balaban J connectivity index is 1.82. The molecule has 0 radical (unpaired) electrons. The Kier molecular flexibility index (Phi) is 11.6. The van der Waals surface area contributed by atoms with E-state index in [4.69, 9.17) is 34.2 Å². The molecule has 0 unspecified atom stereocenters. The minimum absolute atomic E-state index is 0.0289. The summed E-state index contributed by atoms with van der Waals surface area (Å²) in [5, 5.41) is 0.472. The number of hydrogen-bond acceptors (Lipinski definition) is 14. The third-order valence-electron chi connectivity index (χ3n) is 5.78. The molecule has 3 rings (SSSR count). The molecule has 0 spiro atoms. The van der Waals surface area contributed by atoms with Gasteiger partial charge in [-0.05, 0) is 65.8 Å². The van der Waals surface area contributed by atoms with Crippen molar-refractivity contribution in [1.82, 2.24) is 19.5 Å². The number of fused-ring (bicyclic) bond motifs is 1. The molecule has 2 aromatic heterocycles. The van der Waals surface area contributed by atoms with Crippen molar-refractivity contribution in [3.63, 3.8) is 0 Å². The average molecular weight is 672 g/mol. The van der Waals surface area contributed by atoms with E-state index in [0.29, 0.717) is 21.9 Å². The zero-order chi connectivity index (χ0) is 33.6. The number of nitrogen functional groups attached to an aromatic ring is 1. The Morgan fingerprint density at radius 3 is 1.98 bits per heavy atom. The molecule has 0 saturated carbocycles. The molecule has 0 bridgehead atoms. The van der Waals surface area contributed by atoms with Crippen LogP contribution in [0.5, 0.6) is 5.75 Å². The van der Waals surface area contributed by atoms with Crippen molar-refractivity contribution in [2.45, 2.75) is 63.7 Å². The molecule has 0 aliphatic heterocycles. The largest absolute Gasteiger partial charge is 0.497 e. The highest BCUT2D eigenvalue weighted by molar-refractivity contribution is 7.99. The molecular weight excluding hydrogens is 633 g/mol. The fraction of sp³-hybridized carbons (Fsp3) is 0.519. The summed E-state index contributed by atoms with van der Waals surface area (Å²) in [6.45, 7) is 7.08. The molecule has 0 saturated heterocycles. The van der Waals surface area contributed by atoms with Crippen molar-refractivity contribution in [2.24, 2.45) is 10.8 Å². The monoisotopic (exact) mass is 671 g/mol. The summed E-state index contributed by atoms with van der Waals surface area (Å²) in [6, 6.07) is 7.28. The molecule has 2 heterocycles. The molecule has 45 heavy (non-hydrogen) atoms. The first-order valence-corrected chi connectivity index (χ1v) is 15.9. The second-order valence-corrected chi connectivity index (χ2v) is 14.3. The van der Waals surface area contributed by atoms with E-state index in [2.05, 4.69) is 15.0 Å². The Labute approximate surface area is 264 Å².